The second-order valence-corrected chi connectivity index (χ2v) is 4.87. The first-order valence-electron chi connectivity index (χ1n) is 7.62. The van der Waals surface area contributed by atoms with Gasteiger partial charge in [0.15, 0.2) is 0 Å². The number of amides is 1. The summed E-state index contributed by atoms with van der Waals surface area (Å²) in [5.74, 6) is -1.97. The lowest BCUT2D eigenvalue weighted by Crippen LogP contribution is -2.26. The van der Waals surface area contributed by atoms with Crippen molar-refractivity contribution < 1.29 is 24.2 Å². The van der Waals surface area contributed by atoms with E-state index < -0.39 is 17.8 Å². The highest BCUT2D eigenvalue weighted by atomic mass is 16.5. The molecule has 1 aromatic carbocycles. The SMILES string of the molecule is CCOC(=O)c1ccc(N/C=C(/C#N)C(=O)NCCCC(=O)O)cc1. The Hall–Kier alpha value is -3.34. The van der Waals surface area contributed by atoms with Gasteiger partial charge in [-0.3, -0.25) is 9.59 Å². The standard InChI is InChI=1S/C17H19N3O5/c1-2-25-17(24)12-5-7-14(8-6-12)20-11-13(10-18)16(23)19-9-3-4-15(21)22/h5-8,11,20H,2-4,9H2,1H3,(H,19,23)(H,21,22)/b13-11-. The smallest absolute Gasteiger partial charge is 0.338 e. The summed E-state index contributed by atoms with van der Waals surface area (Å²) in [4.78, 5) is 33.7. The van der Waals surface area contributed by atoms with Crippen molar-refractivity contribution in [1.82, 2.24) is 5.32 Å². The van der Waals surface area contributed by atoms with Gasteiger partial charge in [-0.05, 0) is 37.6 Å². The molecule has 0 spiro atoms. The van der Waals surface area contributed by atoms with Crippen molar-refractivity contribution in [2.24, 2.45) is 0 Å². The van der Waals surface area contributed by atoms with Crippen LogP contribution in [0.1, 0.15) is 30.1 Å². The van der Waals surface area contributed by atoms with E-state index in [4.69, 9.17) is 15.1 Å². The number of nitrogens with zero attached hydrogens (tertiary/aromatic N) is 1. The van der Waals surface area contributed by atoms with Gasteiger partial charge >= 0.3 is 11.9 Å². The zero-order valence-corrected chi connectivity index (χ0v) is 13.7. The van der Waals surface area contributed by atoms with Crippen LogP contribution in [0.2, 0.25) is 0 Å². The summed E-state index contributed by atoms with van der Waals surface area (Å²) in [5.41, 5.74) is 0.831. The van der Waals surface area contributed by atoms with Gasteiger partial charge in [0.1, 0.15) is 11.6 Å². The lowest BCUT2D eigenvalue weighted by molar-refractivity contribution is -0.137. The maximum absolute atomic E-state index is 11.8. The Morgan fingerprint density at radius 1 is 1.28 bits per heavy atom. The number of ether oxygens (including phenoxy) is 1. The fourth-order valence-corrected chi connectivity index (χ4v) is 1.76. The zero-order valence-electron chi connectivity index (χ0n) is 13.7. The van der Waals surface area contributed by atoms with Crippen molar-refractivity contribution >= 4 is 23.5 Å². The topological polar surface area (TPSA) is 129 Å². The Kier molecular flexibility index (Phi) is 8.23. The fraction of sp³-hybridized carbons (Fsp3) is 0.294. The molecule has 25 heavy (non-hydrogen) atoms. The summed E-state index contributed by atoms with van der Waals surface area (Å²) in [6, 6.07) is 8.11. The molecule has 0 aliphatic rings. The number of benzene rings is 1. The molecule has 0 radical (unpaired) electrons. The number of rotatable bonds is 9. The molecule has 0 bridgehead atoms. The molecule has 132 valence electrons. The number of carboxylic acids is 1. The molecule has 1 amide bonds. The second-order valence-electron chi connectivity index (χ2n) is 4.87. The predicted molar refractivity (Wildman–Crippen MR) is 89.6 cm³/mol. The number of aliphatic carboxylic acids is 1. The molecular weight excluding hydrogens is 326 g/mol. The van der Waals surface area contributed by atoms with Crippen LogP contribution in [0.5, 0.6) is 0 Å². The molecule has 0 atom stereocenters. The minimum atomic E-state index is -0.946. The van der Waals surface area contributed by atoms with Crippen molar-refractivity contribution in [3.63, 3.8) is 0 Å². The first kappa shape index (κ1) is 19.7. The third-order valence-electron chi connectivity index (χ3n) is 3.00. The molecule has 3 N–H and O–H groups in total. The first-order chi connectivity index (χ1) is 12.0. The van der Waals surface area contributed by atoms with Gasteiger partial charge in [0.05, 0.1) is 12.2 Å². The van der Waals surface area contributed by atoms with E-state index in [-0.39, 0.29) is 31.6 Å². The quantitative estimate of drug-likeness (QED) is 0.269. The third kappa shape index (κ3) is 7.18. The number of carbonyl (C=O) groups excluding carboxylic acids is 2. The van der Waals surface area contributed by atoms with Gasteiger partial charge in [-0.15, -0.1) is 0 Å². The number of nitriles is 1. The normalized spacial score (nSPS) is 10.5. The average molecular weight is 345 g/mol. The van der Waals surface area contributed by atoms with Gasteiger partial charge in [-0.1, -0.05) is 0 Å². The number of hydrogen-bond acceptors (Lipinski definition) is 6. The van der Waals surface area contributed by atoms with Gasteiger partial charge in [0, 0.05) is 24.9 Å². The van der Waals surface area contributed by atoms with E-state index in [1.807, 2.05) is 0 Å². The molecular formula is C17H19N3O5. The highest BCUT2D eigenvalue weighted by Gasteiger charge is 2.09. The molecule has 0 saturated carbocycles. The van der Waals surface area contributed by atoms with Crippen LogP contribution in [0.3, 0.4) is 0 Å². The molecule has 8 heteroatoms. The van der Waals surface area contributed by atoms with E-state index in [1.54, 1.807) is 37.3 Å². The van der Waals surface area contributed by atoms with Crippen LogP contribution < -0.4 is 10.6 Å². The van der Waals surface area contributed by atoms with Crippen molar-refractivity contribution in [2.45, 2.75) is 19.8 Å². The fourth-order valence-electron chi connectivity index (χ4n) is 1.76. The summed E-state index contributed by atoms with van der Waals surface area (Å²) in [6.45, 7) is 2.17. The number of esters is 1. The lowest BCUT2D eigenvalue weighted by Gasteiger charge is -2.06. The highest BCUT2D eigenvalue weighted by molar-refractivity contribution is 5.97. The summed E-state index contributed by atoms with van der Waals surface area (Å²) >= 11 is 0. The van der Waals surface area contributed by atoms with Gasteiger partial charge in [-0.2, -0.15) is 5.26 Å². The molecule has 1 rings (SSSR count). The summed E-state index contributed by atoms with van der Waals surface area (Å²) in [6.07, 6.45) is 1.46. The summed E-state index contributed by atoms with van der Waals surface area (Å²) in [5, 5.41) is 22.8. The van der Waals surface area contributed by atoms with Gasteiger partial charge in [0.2, 0.25) is 0 Å². The Morgan fingerprint density at radius 2 is 1.96 bits per heavy atom. The Labute approximate surface area is 145 Å². The van der Waals surface area contributed by atoms with Gasteiger partial charge in [0.25, 0.3) is 5.91 Å². The van der Waals surface area contributed by atoms with E-state index in [0.29, 0.717) is 11.3 Å². The minimum Gasteiger partial charge on any atom is -0.481 e. The number of carbonyl (C=O) groups is 3. The predicted octanol–water partition coefficient (Wildman–Crippen LogP) is 1.66. The third-order valence-corrected chi connectivity index (χ3v) is 3.00. The van der Waals surface area contributed by atoms with Crippen LogP contribution in [-0.4, -0.2) is 36.1 Å². The van der Waals surface area contributed by atoms with E-state index in [9.17, 15) is 14.4 Å². The number of hydrogen-bond donors (Lipinski definition) is 3. The maximum Gasteiger partial charge on any atom is 0.338 e. The Balaban J connectivity index is 2.59. The zero-order chi connectivity index (χ0) is 18.7. The molecule has 8 nitrogen and oxygen atoms in total. The van der Waals surface area contributed by atoms with E-state index >= 15 is 0 Å². The summed E-state index contributed by atoms with van der Waals surface area (Å²) in [7, 11) is 0. The lowest BCUT2D eigenvalue weighted by atomic mass is 10.2. The van der Waals surface area contributed by atoms with Crippen LogP contribution in [0.15, 0.2) is 36.0 Å². The van der Waals surface area contributed by atoms with Crippen molar-refractivity contribution in [3.05, 3.63) is 41.6 Å². The molecule has 0 saturated heterocycles. The van der Waals surface area contributed by atoms with E-state index in [0.717, 1.165) is 0 Å². The average Bonchev–Trinajstić information content (AvgIpc) is 2.60. The molecule has 0 aliphatic heterocycles. The number of anilines is 1. The molecule has 1 aromatic rings. The van der Waals surface area contributed by atoms with Crippen LogP contribution >= 0.6 is 0 Å². The van der Waals surface area contributed by atoms with Crippen molar-refractivity contribution in [2.75, 3.05) is 18.5 Å². The van der Waals surface area contributed by atoms with Gasteiger partial charge < -0.3 is 20.5 Å². The molecule has 0 heterocycles. The molecule has 0 aromatic heterocycles. The molecule has 0 fully saturated rings. The van der Waals surface area contributed by atoms with Crippen LogP contribution in [0.4, 0.5) is 5.69 Å². The molecule has 0 unspecified atom stereocenters. The first-order valence-corrected chi connectivity index (χ1v) is 7.62. The van der Waals surface area contributed by atoms with Crippen LogP contribution in [0.25, 0.3) is 0 Å². The van der Waals surface area contributed by atoms with Gasteiger partial charge in [-0.25, -0.2) is 4.79 Å². The van der Waals surface area contributed by atoms with Crippen molar-refractivity contribution in [1.29, 1.82) is 5.26 Å². The Morgan fingerprint density at radius 3 is 2.52 bits per heavy atom. The maximum atomic E-state index is 11.8. The largest absolute Gasteiger partial charge is 0.481 e. The Bertz CT molecular complexity index is 689. The van der Waals surface area contributed by atoms with Crippen LogP contribution in [-0.2, 0) is 14.3 Å². The minimum absolute atomic E-state index is 0.0586. The monoisotopic (exact) mass is 345 g/mol. The summed E-state index contributed by atoms with van der Waals surface area (Å²) < 4.78 is 4.87. The van der Waals surface area contributed by atoms with E-state index in [1.165, 1.54) is 6.20 Å². The number of carboxylic acid groups (broad SMARTS) is 1. The van der Waals surface area contributed by atoms with Crippen molar-refractivity contribution in [3.8, 4) is 6.07 Å². The second kappa shape index (κ2) is 10.4. The highest BCUT2D eigenvalue weighted by Crippen LogP contribution is 2.11. The number of nitrogens with one attached hydrogen (secondary N) is 2. The van der Waals surface area contributed by atoms with Crippen LogP contribution in [0, 0.1) is 11.3 Å². The van der Waals surface area contributed by atoms with E-state index in [2.05, 4.69) is 10.6 Å². The molecule has 0 aliphatic carbocycles.